The zero-order valence-corrected chi connectivity index (χ0v) is 20.4. The highest BCUT2D eigenvalue weighted by atomic mass is 32.2. The van der Waals surface area contributed by atoms with Crippen LogP contribution in [-0.4, -0.2) is 69.9 Å². The third-order valence-corrected chi connectivity index (χ3v) is 6.59. The van der Waals surface area contributed by atoms with Gasteiger partial charge in [-0.3, -0.25) is 19.3 Å². The van der Waals surface area contributed by atoms with E-state index in [4.69, 9.17) is 20.0 Å². The highest BCUT2D eigenvalue weighted by Crippen LogP contribution is 2.41. The van der Waals surface area contributed by atoms with E-state index in [0.29, 0.717) is 11.3 Å². The number of esters is 2. The molecule has 1 aromatic heterocycles. The third-order valence-electron chi connectivity index (χ3n) is 4.61. The van der Waals surface area contributed by atoms with Crippen molar-refractivity contribution in [3.8, 4) is 0 Å². The van der Waals surface area contributed by atoms with Crippen molar-refractivity contribution in [3.05, 3.63) is 34.5 Å². The molecule has 1 aromatic rings. The first kappa shape index (κ1) is 25.2. The number of thiazole rings is 1. The molecule has 0 radical (unpaired) electrons. The van der Waals surface area contributed by atoms with Crippen molar-refractivity contribution in [3.63, 3.8) is 0 Å². The van der Waals surface area contributed by atoms with Gasteiger partial charge < -0.3 is 25.4 Å². The lowest BCUT2D eigenvalue weighted by Gasteiger charge is -2.49. The standard InChI is InChI=1S/C20H23N5O7S2/c1-5-6-11-7-33-18-14(23-16(27)13(24-30-4)12-8-34-20(21)22-12)17(28)25(18)15(11)19(29)32-10(3)31-9(2)26/h5-6,8,10,14,18H,7H2,1-4H3,(H2,21,22)(H,23,27)/b6-5-,24-13-/t10?,14-,18-/m1/s1. The van der Waals surface area contributed by atoms with Gasteiger partial charge in [0.15, 0.2) is 10.8 Å². The van der Waals surface area contributed by atoms with Crippen LogP contribution in [0, 0.1) is 0 Å². The maximum absolute atomic E-state index is 13.0. The van der Waals surface area contributed by atoms with Gasteiger partial charge in [0.05, 0.1) is 0 Å². The first-order chi connectivity index (χ1) is 16.2. The number of aromatic nitrogens is 1. The molecule has 0 aromatic carbocycles. The summed E-state index contributed by atoms with van der Waals surface area (Å²) in [6.07, 6.45) is 2.30. The van der Waals surface area contributed by atoms with E-state index < -0.39 is 41.5 Å². The second kappa shape index (κ2) is 10.7. The topological polar surface area (TPSA) is 163 Å². The van der Waals surface area contributed by atoms with Gasteiger partial charge in [-0.15, -0.1) is 23.1 Å². The number of anilines is 1. The Hall–Kier alpha value is -3.39. The Bertz CT molecular complexity index is 1100. The molecule has 0 bridgehead atoms. The monoisotopic (exact) mass is 509 g/mol. The Morgan fingerprint density at radius 1 is 1.38 bits per heavy atom. The molecular weight excluding hydrogens is 486 g/mol. The average molecular weight is 510 g/mol. The van der Waals surface area contributed by atoms with Gasteiger partial charge in [-0.1, -0.05) is 17.3 Å². The van der Waals surface area contributed by atoms with Crippen LogP contribution in [0.25, 0.3) is 0 Å². The molecule has 3 atom stereocenters. The molecule has 12 nitrogen and oxygen atoms in total. The molecule has 1 saturated heterocycles. The van der Waals surface area contributed by atoms with Crippen LogP contribution in [0.15, 0.2) is 34.0 Å². The number of oxime groups is 1. The first-order valence-electron chi connectivity index (χ1n) is 10.00. The second-order valence-electron chi connectivity index (χ2n) is 7.01. The van der Waals surface area contributed by atoms with Crippen LogP contribution in [0.5, 0.6) is 0 Å². The number of hydrogen-bond acceptors (Lipinski definition) is 12. The Kier molecular flexibility index (Phi) is 7.94. The van der Waals surface area contributed by atoms with Crippen molar-refractivity contribution >= 4 is 57.7 Å². The van der Waals surface area contributed by atoms with Crippen LogP contribution in [-0.2, 0) is 33.5 Å². The Balaban J connectivity index is 1.79. The van der Waals surface area contributed by atoms with Gasteiger partial charge in [-0.2, -0.15) is 0 Å². The zero-order chi connectivity index (χ0) is 25.0. The van der Waals surface area contributed by atoms with Gasteiger partial charge in [0.1, 0.15) is 29.9 Å². The molecule has 0 saturated carbocycles. The van der Waals surface area contributed by atoms with E-state index in [1.54, 1.807) is 24.5 Å². The lowest BCUT2D eigenvalue weighted by atomic mass is 10.0. The molecule has 3 heterocycles. The van der Waals surface area contributed by atoms with E-state index in [-0.39, 0.29) is 22.2 Å². The van der Waals surface area contributed by atoms with Gasteiger partial charge in [0, 0.05) is 25.0 Å². The van der Waals surface area contributed by atoms with Crippen molar-refractivity contribution in [2.75, 3.05) is 18.6 Å². The van der Waals surface area contributed by atoms with Crippen molar-refractivity contribution in [1.29, 1.82) is 0 Å². The van der Waals surface area contributed by atoms with E-state index in [9.17, 15) is 19.2 Å². The second-order valence-corrected chi connectivity index (χ2v) is 9.01. The predicted molar refractivity (Wildman–Crippen MR) is 124 cm³/mol. The fourth-order valence-electron chi connectivity index (χ4n) is 3.33. The highest BCUT2D eigenvalue weighted by molar-refractivity contribution is 8.00. The molecular formula is C20H23N5O7S2. The number of thioether (sulfide) groups is 1. The highest BCUT2D eigenvalue weighted by Gasteiger charge is 2.54. The fourth-order valence-corrected chi connectivity index (χ4v) is 5.19. The van der Waals surface area contributed by atoms with Crippen molar-refractivity contribution in [2.24, 2.45) is 5.16 Å². The van der Waals surface area contributed by atoms with Crippen molar-refractivity contribution < 1.29 is 33.5 Å². The molecule has 1 fully saturated rings. The maximum Gasteiger partial charge on any atom is 0.358 e. The molecule has 3 rings (SSSR count). The largest absolute Gasteiger partial charge is 0.426 e. The predicted octanol–water partition coefficient (Wildman–Crippen LogP) is 0.758. The number of β-lactam (4-membered cyclic amide) rings is 1. The molecule has 14 heteroatoms. The van der Waals surface area contributed by atoms with Gasteiger partial charge in [-0.05, 0) is 12.5 Å². The minimum Gasteiger partial charge on any atom is -0.426 e. The summed E-state index contributed by atoms with van der Waals surface area (Å²) in [5, 5.41) is 7.58. The summed E-state index contributed by atoms with van der Waals surface area (Å²) in [4.78, 5) is 59.9. The summed E-state index contributed by atoms with van der Waals surface area (Å²) in [6.45, 7) is 4.36. The summed E-state index contributed by atoms with van der Waals surface area (Å²) in [6, 6.07) is -0.920. The molecule has 2 aliphatic heterocycles. The number of nitrogens with two attached hydrogens (primary N) is 1. The number of carbonyl (C=O) groups excluding carboxylic acids is 4. The summed E-state index contributed by atoms with van der Waals surface area (Å²) in [5.74, 6) is -2.22. The first-order valence-corrected chi connectivity index (χ1v) is 11.9. The molecule has 2 aliphatic rings. The quantitative estimate of drug-likeness (QED) is 0.168. The summed E-state index contributed by atoms with van der Waals surface area (Å²) < 4.78 is 10.1. The number of nitrogens with zero attached hydrogens (tertiary/aromatic N) is 3. The number of fused-ring (bicyclic) bond motifs is 1. The van der Waals surface area contributed by atoms with E-state index in [1.807, 2.05) is 0 Å². The van der Waals surface area contributed by atoms with Crippen molar-refractivity contribution in [2.45, 2.75) is 38.5 Å². The van der Waals surface area contributed by atoms with Crippen LogP contribution in [0.4, 0.5) is 5.13 Å². The SMILES string of the molecule is C/C=C\C1=C(C(=O)OC(C)OC(C)=O)N2C(=O)[C@@H](NC(=O)/C(=N\OC)c3csc(N)n3)[C@H]2SC1. The van der Waals surface area contributed by atoms with Gasteiger partial charge in [-0.25, -0.2) is 9.78 Å². The molecule has 0 spiro atoms. The summed E-state index contributed by atoms with van der Waals surface area (Å²) in [7, 11) is 1.28. The van der Waals surface area contributed by atoms with Gasteiger partial charge in [0.2, 0.25) is 6.29 Å². The average Bonchev–Trinajstić information content (AvgIpc) is 3.20. The van der Waals surface area contributed by atoms with E-state index in [1.165, 1.54) is 37.6 Å². The molecule has 2 amide bonds. The number of hydrogen-bond donors (Lipinski definition) is 2. The Labute approximate surface area is 203 Å². The lowest BCUT2D eigenvalue weighted by molar-refractivity contribution is -0.182. The fraction of sp³-hybridized carbons (Fsp3) is 0.400. The number of nitrogen functional groups attached to an aromatic ring is 1. The van der Waals surface area contributed by atoms with Crippen molar-refractivity contribution in [1.82, 2.24) is 15.2 Å². The normalized spacial score (nSPS) is 21.0. The third kappa shape index (κ3) is 5.22. The zero-order valence-electron chi connectivity index (χ0n) is 18.8. The molecule has 182 valence electrons. The minimum atomic E-state index is -1.14. The molecule has 3 N–H and O–H groups in total. The lowest BCUT2D eigenvalue weighted by Crippen LogP contribution is -2.71. The number of nitrogens with one attached hydrogen (secondary N) is 1. The Morgan fingerprint density at radius 2 is 2.12 bits per heavy atom. The molecule has 1 unspecified atom stereocenters. The number of rotatable bonds is 8. The van der Waals surface area contributed by atoms with Gasteiger partial charge >= 0.3 is 11.9 Å². The maximum atomic E-state index is 13.0. The number of allylic oxidation sites excluding steroid dienone is 2. The smallest absolute Gasteiger partial charge is 0.358 e. The molecule has 0 aliphatic carbocycles. The number of ether oxygens (including phenoxy) is 2. The van der Waals surface area contributed by atoms with E-state index in [0.717, 1.165) is 11.3 Å². The van der Waals surface area contributed by atoms with Crippen LogP contribution in [0.2, 0.25) is 0 Å². The number of carbonyl (C=O) groups is 4. The van der Waals surface area contributed by atoms with Crippen LogP contribution in [0.1, 0.15) is 26.5 Å². The molecule has 34 heavy (non-hydrogen) atoms. The summed E-state index contributed by atoms with van der Waals surface area (Å²) >= 11 is 2.50. The van der Waals surface area contributed by atoms with E-state index in [2.05, 4.69) is 15.5 Å². The number of amides is 2. The van der Waals surface area contributed by atoms with E-state index >= 15 is 0 Å². The van der Waals surface area contributed by atoms with Gasteiger partial charge in [0.25, 0.3) is 11.8 Å². The van der Waals surface area contributed by atoms with Crippen LogP contribution >= 0.6 is 23.1 Å². The van der Waals surface area contributed by atoms with Crippen LogP contribution < -0.4 is 11.1 Å². The van der Waals surface area contributed by atoms with Crippen LogP contribution in [0.3, 0.4) is 0 Å². The Morgan fingerprint density at radius 3 is 2.71 bits per heavy atom. The minimum absolute atomic E-state index is 0.0365. The summed E-state index contributed by atoms with van der Waals surface area (Å²) in [5.41, 5.74) is 6.32.